The maximum absolute atomic E-state index is 13.1. The van der Waals surface area contributed by atoms with Crippen LogP contribution in [0.1, 0.15) is 24.8 Å². The number of benzene rings is 1. The summed E-state index contributed by atoms with van der Waals surface area (Å²) in [6.45, 7) is 0.832. The highest BCUT2D eigenvalue weighted by atomic mass is 35.5. The van der Waals surface area contributed by atoms with E-state index in [1.54, 1.807) is 4.90 Å². The number of imide groups is 1. The molecule has 1 unspecified atom stereocenters. The van der Waals surface area contributed by atoms with Crippen molar-refractivity contribution in [1.82, 2.24) is 4.90 Å². The smallest absolute Gasteiger partial charge is 0.369 e. The quantitative estimate of drug-likeness (QED) is 0.784. The molecule has 1 atom stereocenters. The van der Waals surface area contributed by atoms with Crippen LogP contribution in [0.2, 0.25) is 5.02 Å². The number of hydrogen-bond acceptors (Lipinski definition) is 4. The van der Waals surface area contributed by atoms with Gasteiger partial charge >= 0.3 is 6.18 Å². The van der Waals surface area contributed by atoms with Gasteiger partial charge in [-0.05, 0) is 44.1 Å². The zero-order valence-corrected chi connectivity index (χ0v) is 14.9. The van der Waals surface area contributed by atoms with Gasteiger partial charge < -0.3 is 5.73 Å². The Morgan fingerprint density at radius 2 is 1.81 bits per heavy atom. The molecule has 0 radical (unpaired) electrons. The topological polar surface area (TPSA) is 83.7 Å². The van der Waals surface area contributed by atoms with Crippen LogP contribution in [-0.4, -0.2) is 41.8 Å². The molecule has 2 N–H and O–H groups in total. The molecule has 3 rings (SSSR count). The molecule has 146 valence electrons. The third kappa shape index (κ3) is 3.79. The predicted octanol–water partition coefficient (Wildman–Crippen LogP) is 2.19. The minimum Gasteiger partial charge on any atom is -0.369 e. The molecule has 3 amide bonds. The average molecular weight is 404 g/mol. The Labute approximate surface area is 158 Å². The number of anilines is 1. The molecule has 0 saturated carbocycles. The molecule has 0 spiro atoms. The van der Waals surface area contributed by atoms with E-state index in [0.717, 1.165) is 11.0 Å². The van der Waals surface area contributed by atoms with Gasteiger partial charge in [0.2, 0.25) is 11.8 Å². The summed E-state index contributed by atoms with van der Waals surface area (Å²) in [6.07, 6.45) is -3.86. The van der Waals surface area contributed by atoms with Crippen molar-refractivity contribution in [3.63, 3.8) is 0 Å². The molecule has 2 aliphatic heterocycles. The molecular weight excluding hydrogens is 387 g/mol. The van der Waals surface area contributed by atoms with E-state index in [1.807, 2.05) is 0 Å². The first-order chi connectivity index (χ1) is 12.6. The van der Waals surface area contributed by atoms with Gasteiger partial charge in [-0.25, -0.2) is 4.90 Å². The first-order valence-corrected chi connectivity index (χ1v) is 8.74. The molecule has 0 aromatic heterocycles. The van der Waals surface area contributed by atoms with Crippen molar-refractivity contribution in [1.29, 1.82) is 0 Å². The molecular formula is C17H17ClF3N3O3. The second kappa shape index (κ2) is 7.12. The number of carbonyl (C=O) groups excluding carboxylic acids is 3. The Morgan fingerprint density at radius 3 is 2.37 bits per heavy atom. The van der Waals surface area contributed by atoms with Crippen LogP contribution < -0.4 is 10.6 Å². The summed E-state index contributed by atoms with van der Waals surface area (Å²) in [7, 11) is 0. The van der Waals surface area contributed by atoms with Crippen molar-refractivity contribution in [2.24, 2.45) is 11.7 Å². The van der Waals surface area contributed by atoms with E-state index >= 15 is 0 Å². The Kier molecular flexibility index (Phi) is 5.18. The minimum absolute atomic E-state index is 0.121. The molecule has 2 aliphatic rings. The zero-order chi connectivity index (χ0) is 19.9. The molecule has 2 fully saturated rings. The van der Waals surface area contributed by atoms with Crippen LogP contribution >= 0.6 is 11.6 Å². The van der Waals surface area contributed by atoms with Crippen molar-refractivity contribution in [3.8, 4) is 0 Å². The van der Waals surface area contributed by atoms with Crippen LogP contribution in [0, 0.1) is 5.92 Å². The summed E-state index contributed by atoms with van der Waals surface area (Å²) >= 11 is 5.60. The fraction of sp³-hybridized carbons (Fsp3) is 0.471. The number of carbonyl (C=O) groups is 3. The number of amides is 3. The van der Waals surface area contributed by atoms with E-state index in [9.17, 15) is 27.6 Å². The Hall–Kier alpha value is -2.13. The van der Waals surface area contributed by atoms with Gasteiger partial charge in [0.05, 0.1) is 28.7 Å². The zero-order valence-electron chi connectivity index (χ0n) is 14.1. The van der Waals surface area contributed by atoms with E-state index in [-0.39, 0.29) is 18.0 Å². The third-order valence-corrected chi connectivity index (χ3v) is 5.34. The molecule has 6 nitrogen and oxygen atoms in total. The van der Waals surface area contributed by atoms with E-state index in [0.29, 0.717) is 32.0 Å². The van der Waals surface area contributed by atoms with Gasteiger partial charge in [0, 0.05) is 5.92 Å². The number of nitrogens with zero attached hydrogens (tertiary/aromatic N) is 2. The lowest BCUT2D eigenvalue weighted by molar-refractivity contribution is -0.137. The van der Waals surface area contributed by atoms with Crippen LogP contribution in [0.5, 0.6) is 0 Å². The van der Waals surface area contributed by atoms with Crippen LogP contribution in [0.4, 0.5) is 18.9 Å². The minimum atomic E-state index is -4.70. The molecule has 0 aliphatic carbocycles. The van der Waals surface area contributed by atoms with Crippen LogP contribution in [0.25, 0.3) is 0 Å². The molecule has 2 heterocycles. The lowest BCUT2D eigenvalue weighted by atomic mass is 9.95. The summed E-state index contributed by atoms with van der Waals surface area (Å²) < 4.78 is 39.2. The van der Waals surface area contributed by atoms with Gasteiger partial charge in [-0.3, -0.25) is 19.3 Å². The van der Waals surface area contributed by atoms with Gasteiger partial charge in [0.1, 0.15) is 0 Å². The van der Waals surface area contributed by atoms with Crippen molar-refractivity contribution in [2.75, 3.05) is 18.0 Å². The predicted molar refractivity (Wildman–Crippen MR) is 90.8 cm³/mol. The first-order valence-electron chi connectivity index (χ1n) is 8.36. The molecule has 1 aromatic carbocycles. The average Bonchev–Trinajstić information content (AvgIpc) is 2.89. The monoisotopic (exact) mass is 403 g/mol. The highest BCUT2D eigenvalue weighted by Crippen LogP contribution is 2.38. The SMILES string of the molecule is NC(=O)C1CCN(C2CC(=O)N(c3ccc(Cl)c(C(F)(F)F)c3)C2=O)CC1. The number of rotatable bonds is 3. The molecule has 0 bridgehead atoms. The van der Waals surface area contributed by atoms with Crippen LogP contribution in [0.3, 0.4) is 0 Å². The van der Waals surface area contributed by atoms with E-state index in [4.69, 9.17) is 17.3 Å². The normalized spacial score (nSPS) is 22.5. The van der Waals surface area contributed by atoms with Gasteiger partial charge in [-0.1, -0.05) is 11.6 Å². The van der Waals surface area contributed by atoms with Gasteiger partial charge in [0.25, 0.3) is 5.91 Å². The van der Waals surface area contributed by atoms with Gasteiger partial charge in [0.15, 0.2) is 0 Å². The summed E-state index contributed by atoms with van der Waals surface area (Å²) in [5.74, 6) is -1.81. The number of alkyl halides is 3. The maximum Gasteiger partial charge on any atom is 0.417 e. The Bertz CT molecular complexity index is 791. The molecule has 10 heteroatoms. The highest BCUT2D eigenvalue weighted by molar-refractivity contribution is 6.31. The van der Waals surface area contributed by atoms with Crippen LogP contribution in [0.15, 0.2) is 18.2 Å². The van der Waals surface area contributed by atoms with Crippen molar-refractivity contribution in [2.45, 2.75) is 31.5 Å². The standard InChI is InChI=1S/C17H17ClF3N3O3/c18-12-2-1-10(7-11(12)17(19,20)21)24-14(25)8-13(16(24)27)23-5-3-9(4-6-23)15(22)26/h1-2,7,9,13H,3-6,8H2,(H2,22,26). The van der Waals surface area contributed by atoms with Gasteiger partial charge in [-0.15, -0.1) is 0 Å². The fourth-order valence-corrected chi connectivity index (χ4v) is 3.76. The summed E-state index contributed by atoms with van der Waals surface area (Å²) in [4.78, 5) is 38.9. The second-order valence-electron chi connectivity index (χ2n) is 6.66. The summed E-state index contributed by atoms with van der Waals surface area (Å²) in [5.41, 5.74) is 4.03. The first kappa shape index (κ1) is 19.6. The number of hydrogen-bond donors (Lipinski definition) is 1. The molecule has 2 saturated heterocycles. The third-order valence-electron chi connectivity index (χ3n) is 5.01. The number of primary amides is 1. The van der Waals surface area contributed by atoms with E-state index in [2.05, 4.69) is 0 Å². The van der Waals surface area contributed by atoms with E-state index in [1.165, 1.54) is 6.07 Å². The highest BCUT2D eigenvalue weighted by Gasteiger charge is 2.44. The van der Waals surface area contributed by atoms with E-state index < -0.39 is 40.5 Å². The molecule has 1 aromatic rings. The van der Waals surface area contributed by atoms with Crippen molar-refractivity contribution < 1.29 is 27.6 Å². The van der Waals surface area contributed by atoms with Crippen LogP contribution in [-0.2, 0) is 20.6 Å². The summed E-state index contributed by atoms with van der Waals surface area (Å²) in [6, 6.07) is 2.19. The largest absolute Gasteiger partial charge is 0.417 e. The number of halogens is 4. The van der Waals surface area contributed by atoms with Crippen molar-refractivity contribution in [3.05, 3.63) is 28.8 Å². The second-order valence-corrected chi connectivity index (χ2v) is 7.07. The Balaban J connectivity index is 1.80. The number of likely N-dealkylation sites (tertiary alicyclic amines) is 1. The fourth-order valence-electron chi connectivity index (χ4n) is 3.54. The molecule has 27 heavy (non-hydrogen) atoms. The number of nitrogens with two attached hydrogens (primary N) is 1. The van der Waals surface area contributed by atoms with Gasteiger partial charge in [-0.2, -0.15) is 13.2 Å². The summed E-state index contributed by atoms with van der Waals surface area (Å²) in [5, 5.41) is -0.504. The maximum atomic E-state index is 13.1. The lowest BCUT2D eigenvalue weighted by Gasteiger charge is -2.33. The van der Waals surface area contributed by atoms with Crippen molar-refractivity contribution >= 4 is 35.0 Å². The Morgan fingerprint density at radius 1 is 1.19 bits per heavy atom. The number of piperidine rings is 1. The lowest BCUT2D eigenvalue weighted by Crippen LogP contribution is -2.47.